The van der Waals surface area contributed by atoms with Crippen molar-refractivity contribution >= 4 is 5.57 Å². The van der Waals surface area contributed by atoms with E-state index in [2.05, 4.69) is 16.5 Å². The monoisotopic (exact) mass is 146 g/mol. The van der Waals surface area contributed by atoms with E-state index in [0.717, 1.165) is 11.3 Å². The van der Waals surface area contributed by atoms with Gasteiger partial charge in [-0.3, -0.25) is 9.97 Å². The quantitative estimate of drug-likeness (QED) is 0.597. The van der Waals surface area contributed by atoms with Gasteiger partial charge in [-0.15, -0.1) is 0 Å². The van der Waals surface area contributed by atoms with Crippen LogP contribution in [0.25, 0.3) is 5.57 Å². The lowest BCUT2D eigenvalue weighted by Gasteiger charge is -1.96. The summed E-state index contributed by atoms with van der Waals surface area (Å²) in [5.74, 6) is 0. The van der Waals surface area contributed by atoms with Crippen LogP contribution >= 0.6 is 0 Å². The normalized spacial score (nSPS) is 11.2. The maximum atomic E-state index is 4.12. The first-order valence-electron chi connectivity index (χ1n) is 3.43. The van der Waals surface area contributed by atoms with Crippen molar-refractivity contribution in [2.45, 2.75) is 6.92 Å². The number of hydrogen-bond donors (Lipinski definition) is 0. The first kappa shape index (κ1) is 7.66. The Morgan fingerprint density at radius 1 is 1.55 bits per heavy atom. The molecule has 0 bridgehead atoms. The van der Waals surface area contributed by atoms with Crippen LogP contribution in [-0.4, -0.2) is 9.97 Å². The zero-order valence-corrected chi connectivity index (χ0v) is 6.49. The summed E-state index contributed by atoms with van der Waals surface area (Å²) >= 11 is 0. The number of nitrogens with zero attached hydrogens (tertiary/aromatic N) is 2. The van der Waals surface area contributed by atoms with Gasteiger partial charge in [0, 0.05) is 12.4 Å². The minimum absolute atomic E-state index is 0.866. The largest absolute Gasteiger partial charge is 0.261 e. The molecule has 0 aliphatic carbocycles. The molecule has 0 atom stereocenters. The van der Waals surface area contributed by atoms with E-state index in [1.54, 1.807) is 24.7 Å². The molecule has 0 saturated heterocycles. The van der Waals surface area contributed by atoms with Crippen molar-refractivity contribution in [1.82, 2.24) is 9.97 Å². The molecule has 0 aliphatic rings. The van der Waals surface area contributed by atoms with Crippen LogP contribution in [0.4, 0.5) is 0 Å². The number of hydrogen-bond acceptors (Lipinski definition) is 2. The van der Waals surface area contributed by atoms with Gasteiger partial charge in [0.25, 0.3) is 0 Å². The lowest BCUT2D eigenvalue weighted by atomic mass is 10.2. The molecule has 0 radical (unpaired) electrons. The standard InChI is InChI=1S/C9H10N2/c1-3-8(4-2)9-7-10-5-6-11-9/h3-7H,1H2,2H3/b8-4+. The summed E-state index contributed by atoms with van der Waals surface area (Å²) < 4.78 is 0. The molecule has 0 fully saturated rings. The van der Waals surface area contributed by atoms with Crippen LogP contribution in [-0.2, 0) is 0 Å². The molecule has 0 aliphatic heterocycles. The highest BCUT2D eigenvalue weighted by Gasteiger charge is 1.94. The van der Waals surface area contributed by atoms with E-state index in [0.29, 0.717) is 0 Å². The molecule has 0 N–H and O–H groups in total. The molecule has 0 aromatic carbocycles. The number of rotatable bonds is 2. The highest BCUT2D eigenvalue weighted by molar-refractivity contribution is 5.69. The zero-order valence-electron chi connectivity index (χ0n) is 6.49. The van der Waals surface area contributed by atoms with Gasteiger partial charge in [-0.2, -0.15) is 0 Å². The maximum absolute atomic E-state index is 4.12. The van der Waals surface area contributed by atoms with Crippen LogP contribution < -0.4 is 0 Å². The third-order valence-corrected chi connectivity index (χ3v) is 1.39. The van der Waals surface area contributed by atoms with Crippen molar-refractivity contribution in [1.29, 1.82) is 0 Å². The Balaban J connectivity index is 3.01. The van der Waals surface area contributed by atoms with Crippen LogP contribution in [0.3, 0.4) is 0 Å². The molecule has 1 rings (SSSR count). The van der Waals surface area contributed by atoms with E-state index in [-0.39, 0.29) is 0 Å². The van der Waals surface area contributed by atoms with Crippen molar-refractivity contribution < 1.29 is 0 Å². The Bertz CT molecular complexity index is 262. The van der Waals surface area contributed by atoms with Crippen molar-refractivity contribution in [2.24, 2.45) is 0 Å². The molecule has 2 nitrogen and oxygen atoms in total. The topological polar surface area (TPSA) is 25.8 Å². The summed E-state index contributed by atoms with van der Waals surface area (Å²) in [5.41, 5.74) is 1.88. The summed E-state index contributed by atoms with van der Waals surface area (Å²) in [4.78, 5) is 8.07. The van der Waals surface area contributed by atoms with Crippen LogP contribution in [0, 0.1) is 0 Å². The smallest absolute Gasteiger partial charge is 0.0881 e. The van der Waals surface area contributed by atoms with Crippen molar-refractivity contribution in [3.8, 4) is 0 Å². The van der Waals surface area contributed by atoms with Gasteiger partial charge >= 0.3 is 0 Å². The molecule has 56 valence electrons. The minimum Gasteiger partial charge on any atom is -0.261 e. The number of aromatic nitrogens is 2. The first-order valence-corrected chi connectivity index (χ1v) is 3.43. The van der Waals surface area contributed by atoms with Gasteiger partial charge in [0.15, 0.2) is 0 Å². The first-order chi connectivity index (χ1) is 5.38. The molecule has 2 heteroatoms. The Kier molecular flexibility index (Phi) is 2.55. The van der Waals surface area contributed by atoms with E-state index in [1.807, 2.05) is 13.0 Å². The van der Waals surface area contributed by atoms with E-state index in [9.17, 15) is 0 Å². The fourth-order valence-corrected chi connectivity index (χ4v) is 0.818. The predicted octanol–water partition coefficient (Wildman–Crippen LogP) is 2.07. The Hall–Kier alpha value is -1.44. The maximum Gasteiger partial charge on any atom is 0.0881 e. The summed E-state index contributed by atoms with van der Waals surface area (Å²) in [6.45, 7) is 5.62. The second kappa shape index (κ2) is 3.66. The summed E-state index contributed by atoms with van der Waals surface area (Å²) in [5, 5.41) is 0. The molecular weight excluding hydrogens is 136 g/mol. The zero-order chi connectivity index (χ0) is 8.10. The molecule has 0 saturated carbocycles. The molecule has 0 spiro atoms. The summed E-state index contributed by atoms with van der Waals surface area (Å²) in [6.07, 6.45) is 8.76. The summed E-state index contributed by atoms with van der Waals surface area (Å²) in [6, 6.07) is 0. The molecular formula is C9H10N2. The average molecular weight is 146 g/mol. The lowest BCUT2D eigenvalue weighted by Crippen LogP contribution is -1.85. The number of allylic oxidation sites excluding steroid dienone is 3. The minimum atomic E-state index is 0.866. The third kappa shape index (κ3) is 1.74. The Labute approximate surface area is 66.3 Å². The van der Waals surface area contributed by atoms with E-state index in [4.69, 9.17) is 0 Å². The average Bonchev–Trinajstić information content (AvgIpc) is 2.09. The molecule has 0 unspecified atom stereocenters. The predicted molar refractivity (Wildman–Crippen MR) is 45.9 cm³/mol. The van der Waals surface area contributed by atoms with Gasteiger partial charge in [-0.25, -0.2) is 0 Å². The van der Waals surface area contributed by atoms with Crippen LogP contribution in [0.5, 0.6) is 0 Å². The van der Waals surface area contributed by atoms with Crippen LogP contribution in [0.2, 0.25) is 0 Å². The van der Waals surface area contributed by atoms with Gasteiger partial charge in [0.05, 0.1) is 11.9 Å². The van der Waals surface area contributed by atoms with Gasteiger partial charge in [0.2, 0.25) is 0 Å². The fourth-order valence-electron chi connectivity index (χ4n) is 0.818. The van der Waals surface area contributed by atoms with Gasteiger partial charge in [-0.1, -0.05) is 18.7 Å². The van der Waals surface area contributed by atoms with Gasteiger partial charge in [0.1, 0.15) is 0 Å². The Morgan fingerprint density at radius 3 is 2.82 bits per heavy atom. The molecule has 1 aromatic heterocycles. The molecule has 1 heterocycles. The Morgan fingerprint density at radius 2 is 2.36 bits per heavy atom. The van der Waals surface area contributed by atoms with Crippen molar-refractivity contribution in [2.75, 3.05) is 0 Å². The van der Waals surface area contributed by atoms with Crippen molar-refractivity contribution in [3.05, 3.63) is 43.0 Å². The van der Waals surface area contributed by atoms with E-state index < -0.39 is 0 Å². The van der Waals surface area contributed by atoms with Crippen molar-refractivity contribution in [3.63, 3.8) is 0 Å². The SMILES string of the molecule is C=C/C(=C\C)c1cnccn1. The second-order valence-electron chi connectivity index (χ2n) is 2.04. The second-order valence-corrected chi connectivity index (χ2v) is 2.04. The fraction of sp³-hybridized carbons (Fsp3) is 0.111. The van der Waals surface area contributed by atoms with E-state index in [1.165, 1.54) is 0 Å². The van der Waals surface area contributed by atoms with Gasteiger partial charge in [-0.05, 0) is 12.5 Å². The molecule has 0 amide bonds. The van der Waals surface area contributed by atoms with Crippen LogP contribution in [0.15, 0.2) is 37.3 Å². The lowest BCUT2D eigenvalue weighted by molar-refractivity contribution is 1.17. The molecule has 11 heavy (non-hydrogen) atoms. The van der Waals surface area contributed by atoms with E-state index >= 15 is 0 Å². The summed E-state index contributed by atoms with van der Waals surface area (Å²) in [7, 11) is 0. The van der Waals surface area contributed by atoms with Gasteiger partial charge < -0.3 is 0 Å². The third-order valence-electron chi connectivity index (χ3n) is 1.39. The highest BCUT2D eigenvalue weighted by Crippen LogP contribution is 2.09. The molecule has 1 aromatic rings. The highest BCUT2D eigenvalue weighted by atomic mass is 14.8. The van der Waals surface area contributed by atoms with Crippen LogP contribution in [0.1, 0.15) is 12.6 Å².